The first kappa shape index (κ1) is 7.17. The Kier molecular flexibility index (Phi) is 1.46. The third kappa shape index (κ3) is 0.891. The van der Waals surface area contributed by atoms with E-state index >= 15 is 0 Å². The second-order valence-corrected chi connectivity index (χ2v) is 2.13. The van der Waals surface area contributed by atoms with Gasteiger partial charge in [-0.15, -0.1) is 0 Å². The van der Waals surface area contributed by atoms with Gasteiger partial charge in [0.05, 0.1) is 13.0 Å². The molecule has 1 aliphatic rings. The fraction of sp³-hybridized carbons (Fsp3) is 0.600. The molecule has 0 amide bonds. The molecule has 1 unspecified atom stereocenters. The predicted octanol–water partition coefficient (Wildman–Crippen LogP) is -1.82. The van der Waals surface area contributed by atoms with Gasteiger partial charge in [0.2, 0.25) is 0 Å². The van der Waals surface area contributed by atoms with Crippen LogP contribution in [0.1, 0.15) is 6.42 Å². The molecular formula is C5H6O5. The van der Waals surface area contributed by atoms with Gasteiger partial charge in [-0.2, -0.15) is 0 Å². The molecule has 0 bridgehead atoms. The zero-order chi connectivity index (χ0) is 7.78. The van der Waals surface area contributed by atoms with Crippen molar-refractivity contribution in [3.63, 3.8) is 0 Å². The average Bonchev–Trinajstić information content (AvgIpc) is 2.09. The topological polar surface area (TPSA) is 83.8 Å². The maximum absolute atomic E-state index is 10.5. The number of ether oxygens (including phenoxy) is 1. The van der Waals surface area contributed by atoms with Gasteiger partial charge in [-0.25, -0.2) is 4.79 Å². The van der Waals surface area contributed by atoms with Crippen LogP contribution in [0.15, 0.2) is 0 Å². The van der Waals surface area contributed by atoms with E-state index in [0.29, 0.717) is 0 Å². The van der Waals surface area contributed by atoms with Crippen LogP contribution in [-0.4, -0.2) is 34.4 Å². The second kappa shape index (κ2) is 2.03. The average molecular weight is 146 g/mol. The maximum Gasteiger partial charge on any atom is 0.348 e. The SMILES string of the molecule is O=C1CC(O)(CO)C(=O)O1. The Morgan fingerprint density at radius 2 is 2.20 bits per heavy atom. The van der Waals surface area contributed by atoms with Gasteiger partial charge in [0.25, 0.3) is 0 Å². The fourth-order valence-electron chi connectivity index (χ4n) is 0.666. The fourth-order valence-corrected chi connectivity index (χ4v) is 0.666. The van der Waals surface area contributed by atoms with Crippen molar-refractivity contribution >= 4 is 11.9 Å². The Morgan fingerprint density at radius 3 is 2.40 bits per heavy atom. The van der Waals surface area contributed by atoms with Gasteiger partial charge >= 0.3 is 11.9 Å². The molecule has 0 aromatic rings. The minimum atomic E-state index is -1.99. The van der Waals surface area contributed by atoms with Gasteiger partial charge in [0.15, 0.2) is 5.60 Å². The Morgan fingerprint density at radius 1 is 1.60 bits per heavy atom. The molecule has 1 heterocycles. The van der Waals surface area contributed by atoms with E-state index in [-0.39, 0.29) is 0 Å². The van der Waals surface area contributed by atoms with Crippen LogP contribution in [0.4, 0.5) is 0 Å². The summed E-state index contributed by atoms with van der Waals surface area (Å²) in [5.41, 5.74) is -1.99. The smallest absolute Gasteiger partial charge is 0.348 e. The number of rotatable bonds is 1. The lowest BCUT2D eigenvalue weighted by Gasteiger charge is -2.10. The summed E-state index contributed by atoms with van der Waals surface area (Å²) in [4.78, 5) is 20.8. The number of carbonyl (C=O) groups is 2. The summed E-state index contributed by atoms with van der Waals surface area (Å²) in [6.45, 7) is -0.780. The summed E-state index contributed by atoms with van der Waals surface area (Å²) >= 11 is 0. The molecule has 1 atom stereocenters. The minimum absolute atomic E-state index is 0.456. The van der Waals surface area contributed by atoms with Crippen molar-refractivity contribution in [3.05, 3.63) is 0 Å². The quantitative estimate of drug-likeness (QED) is 0.336. The molecule has 0 aromatic carbocycles. The molecule has 0 spiro atoms. The molecule has 1 fully saturated rings. The maximum atomic E-state index is 10.5. The van der Waals surface area contributed by atoms with E-state index < -0.39 is 30.6 Å². The van der Waals surface area contributed by atoms with Gasteiger partial charge in [0, 0.05) is 0 Å². The minimum Gasteiger partial charge on any atom is -0.393 e. The first-order valence-electron chi connectivity index (χ1n) is 2.67. The molecule has 1 rings (SSSR count). The normalized spacial score (nSPS) is 32.6. The number of carbonyl (C=O) groups excluding carboxylic acids is 2. The summed E-state index contributed by atoms with van der Waals surface area (Å²) in [5.74, 6) is -1.87. The summed E-state index contributed by atoms with van der Waals surface area (Å²) in [6, 6.07) is 0. The van der Waals surface area contributed by atoms with Crippen LogP contribution in [0.2, 0.25) is 0 Å². The van der Waals surface area contributed by atoms with Gasteiger partial charge in [-0.3, -0.25) is 4.79 Å². The molecule has 1 saturated heterocycles. The molecule has 5 heteroatoms. The number of hydrogen-bond acceptors (Lipinski definition) is 5. The number of aliphatic hydroxyl groups excluding tert-OH is 1. The number of aliphatic hydroxyl groups is 2. The molecule has 0 radical (unpaired) electrons. The van der Waals surface area contributed by atoms with Crippen LogP contribution in [0.25, 0.3) is 0 Å². The standard InChI is InChI=1S/C5H6O5/c6-2-5(9)1-3(7)10-4(5)8/h6,9H,1-2H2. The van der Waals surface area contributed by atoms with E-state index in [2.05, 4.69) is 4.74 Å². The highest BCUT2D eigenvalue weighted by Gasteiger charge is 2.47. The van der Waals surface area contributed by atoms with Crippen molar-refractivity contribution < 1.29 is 24.5 Å². The van der Waals surface area contributed by atoms with Crippen LogP contribution < -0.4 is 0 Å². The van der Waals surface area contributed by atoms with Gasteiger partial charge in [-0.1, -0.05) is 0 Å². The molecule has 0 aliphatic carbocycles. The lowest BCUT2D eigenvalue weighted by molar-refractivity contribution is -0.160. The molecule has 5 nitrogen and oxygen atoms in total. The first-order valence-corrected chi connectivity index (χ1v) is 2.67. The van der Waals surface area contributed by atoms with Crippen LogP contribution in [0, 0.1) is 0 Å². The molecule has 0 saturated carbocycles. The number of hydrogen-bond donors (Lipinski definition) is 2. The van der Waals surface area contributed by atoms with Crippen molar-refractivity contribution in [2.75, 3.05) is 6.61 Å². The summed E-state index contributed by atoms with van der Waals surface area (Å²) in [5, 5.41) is 17.4. The highest BCUT2D eigenvalue weighted by Crippen LogP contribution is 2.19. The third-order valence-corrected chi connectivity index (χ3v) is 1.28. The lowest BCUT2D eigenvalue weighted by atomic mass is 10.0. The Labute approximate surface area is 56.2 Å². The van der Waals surface area contributed by atoms with Gasteiger partial charge in [-0.05, 0) is 0 Å². The van der Waals surface area contributed by atoms with E-state index in [1.807, 2.05) is 0 Å². The van der Waals surface area contributed by atoms with Crippen LogP contribution in [0.3, 0.4) is 0 Å². The Bertz CT molecular complexity index is 186. The summed E-state index contributed by atoms with van der Waals surface area (Å²) in [6.07, 6.45) is -0.456. The summed E-state index contributed by atoms with van der Waals surface area (Å²) < 4.78 is 3.98. The predicted molar refractivity (Wildman–Crippen MR) is 27.8 cm³/mol. The molecule has 0 aromatic heterocycles. The molecule has 10 heavy (non-hydrogen) atoms. The van der Waals surface area contributed by atoms with E-state index in [9.17, 15) is 9.59 Å². The number of esters is 2. The molecule has 1 aliphatic heterocycles. The zero-order valence-corrected chi connectivity index (χ0v) is 5.03. The highest BCUT2D eigenvalue weighted by molar-refractivity contribution is 5.99. The van der Waals surface area contributed by atoms with Crippen molar-refractivity contribution in [3.8, 4) is 0 Å². The molecule has 56 valence electrons. The largest absolute Gasteiger partial charge is 0.393 e. The van der Waals surface area contributed by atoms with Crippen molar-refractivity contribution in [2.24, 2.45) is 0 Å². The molecular weight excluding hydrogens is 140 g/mol. The number of cyclic esters (lactones) is 2. The van der Waals surface area contributed by atoms with Crippen LogP contribution in [-0.2, 0) is 14.3 Å². The van der Waals surface area contributed by atoms with Crippen LogP contribution >= 0.6 is 0 Å². The Balaban J connectivity index is 2.80. The van der Waals surface area contributed by atoms with Gasteiger partial charge in [0.1, 0.15) is 0 Å². The van der Waals surface area contributed by atoms with Crippen molar-refractivity contribution in [2.45, 2.75) is 12.0 Å². The van der Waals surface area contributed by atoms with E-state index in [1.54, 1.807) is 0 Å². The van der Waals surface area contributed by atoms with Crippen molar-refractivity contribution in [1.29, 1.82) is 0 Å². The van der Waals surface area contributed by atoms with Crippen LogP contribution in [0.5, 0.6) is 0 Å². The highest BCUT2D eigenvalue weighted by atomic mass is 16.6. The third-order valence-electron chi connectivity index (χ3n) is 1.28. The van der Waals surface area contributed by atoms with Crippen molar-refractivity contribution in [1.82, 2.24) is 0 Å². The Hall–Kier alpha value is -0.940. The lowest BCUT2D eigenvalue weighted by Crippen LogP contribution is -2.37. The summed E-state index contributed by atoms with van der Waals surface area (Å²) in [7, 11) is 0. The van der Waals surface area contributed by atoms with E-state index in [4.69, 9.17) is 10.2 Å². The first-order chi connectivity index (χ1) is 4.58. The zero-order valence-electron chi connectivity index (χ0n) is 5.03. The van der Waals surface area contributed by atoms with E-state index in [0.717, 1.165) is 0 Å². The molecule has 2 N–H and O–H groups in total. The second-order valence-electron chi connectivity index (χ2n) is 2.13. The van der Waals surface area contributed by atoms with E-state index in [1.165, 1.54) is 0 Å². The monoisotopic (exact) mass is 146 g/mol. The van der Waals surface area contributed by atoms with Gasteiger partial charge < -0.3 is 14.9 Å².